The minimum absolute atomic E-state index is 0.0647. The van der Waals surface area contributed by atoms with Crippen LogP contribution < -0.4 is 0 Å². The molecule has 2 atom stereocenters. The van der Waals surface area contributed by atoms with Gasteiger partial charge in [-0.15, -0.1) is 0 Å². The maximum atomic E-state index is 14.7. The number of carbonyl (C=O) groups excluding carboxylic acids is 2. The van der Waals surface area contributed by atoms with Crippen LogP contribution in [0.25, 0.3) is 11.0 Å². The van der Waals surface area contributed by atoms with Crippen LogP contribution in [-0.2, 0) is 9.53 Å². The average Bonchev–Trinajstić information content (AvgIpc) is 3.23. The topological polar surface area (TPSA) is 77.3 Å². The molecule has 2 aromatic rings. The number of carbonyl (C=O) groups is 2. The third kappa shape index (κ3) is 2.93. The molecule has 1 saturated heterocycles. The van der Waals surface area contributed by atoms with Crippen molar-refractivity contribution >= 4 is 22.9 Å². The first kappa shape index (κ1) is 18.3. The van der Waals surface area contributed by atoms with E-state index in [1.165, 1.54) is 4.90 Å². The highest BCUT2D eigenvalue weighted by atomic mass is 19.1. The fraction of sp³-hybridized carbons (Fsp3) is 0.556. The summed E-state index contributed by atoms with van der Waals surface area (Å²) in [4.78, 5) is 30.5. The van der Waals surface area contributed by atoms with Crippen molar-refractivity contribution in [1.29, 1.82) is 0 Å². The van der Waals surface area contributed by atoms with Crippen LogP contribution in [0, 0.1) is 6.92 Å². The Morgan fingerprint density at radius 1 is 1.46 bits per heavy atom. The first-order valence-corrected chi connectivity index (χ1v) is 8.72. The second-order valence-corrected chi connectivity index (χ2v) is 6.83. The number of amides is 1. The first-order valence-electron chi connectivity index (χ1n) is 8.72. The zero-order valence-corrected chi connectivity index (χ0v) is 15.5. The number of rotatable bonds is 4. The van der Waals surface area contributed by atoms with Gasteiger partial charge in [-0.05, 0) is 26.3 Å². The number of alkyl halides is 1. The zero-order valence-electron chi connectivity index (χ0n) is 15.5. The normalized spacial score (nSPS) is 21.2. The van der Waals surface area contributed by atoms with Gasteiger partial charge < -0.3 is 9.64 Å². The number of ether oxygens (including phenoxy) is 1. The van der Waals surface area contributed by atoms with Gasteiger partial charge in [0.25, 0.3) is 5.91 Å². The van der Waals surface area contributed by atoms with Gasteiger partial charge in [0.2, 0.25) is 5.67 Å². The van der Waals surface area contributed by atoms with E-state index in [0.717, 1.165) is 13.5 Å². The summed E-state index contributed by atoms with van der Waals surface area (Å²) >= 11 is 0. The number of hydrogen-bond donors (Lipinski definition) is 0. The highest BCUT2D eigenvalue weighted by molar-refractivity contribution is 6.06. The fourth-order valence-electron chi connectivity index (χ4n) is 3.28. The van der Waals surface area contributed by atoms with Crippen LogP contribution in [0.3, 0.4) is 0 Å². The molecular weight excluding hydrogens is 339 g/mol. The number of hydrogen-bond acceptors (Lipinski definition) is 5. The lowest BCUT2D eigenvalue weighted by atomic mass is 10.1. The van der Waals surface area contributed by atoms with Gasteiger partial charge in [-0.25, -0.2) is 18.9 Å². The van der Waals surface area contributed by atoms with Crippen molar-refractivity contribution in [3.8, 4) is 0 Å². The monoisotopic (exact) mass is 362 g/mol. The van der Waals surface area contributed by atoms with Crippen molar-refractivity contribution in [2.45, 2.75) is 45.3 Å². The van der Waals surface area contributed by atoms with Gasteiger partial charge >= 0.3 is 5.97 Å². The number of halogens is 1. The van der Waals surface area contributed by atoms with Gasteiger partial charge in [-0.2, -0.15) is 5.10 Å². The van der Waals surface area contributed by atoms with Gasteiger partial charge in [-0.1, -0.05) is 6.92 Å². The third-order valence-electron chi connectivity index (χ3n) is 4.99. The molecule has 1 amide bonds. The first-order chi connectivity index (χ1) is 12.3. The molecule has 0 aliphatic carbocycles. The highest BCUT2D eigenvalue weighted by Crippen LogP contribution is 2.30. The Hall–Kier alpha value is -2.51. The highest BCUT2D eigenvalue weighted by Gasteiger charge is 2.48. The van der Waals surface area contributed by atoms with E-state index in [9.17, 15) is 14.0 Å². The predicted molar refractivity (Wildman–Crippen MR) is 93.6 cm³/mol. The molecule has 0 saturated carbocycles. The summed E-state index contributed by atoms with van der Waals surface area (Å²) in [5.41, 5.74) is -0.394. The summed E-state index contributed by atoms with van der Waals surface area (Å²) in [7, 11) is 1.15. The van der Waals surface area contributed by atoms with Crippen molar-refractivity contribution in [1.82, 2.24) is 19.7 Å². The third-order valence-corrected chi connectivity index (χ3v) is 4.99. The molecule has 0 aromatic carbocycles. The largest absolute Gasteiger partial charge is 0.467 e. The molecule has 0 radical (unpaired) electrons. The lowest BCUT2D eigenvalue weighted by molar-refractivity contribution is -0.153. The molecular formula is C18H23FN4O3. The summed E-state index contributed by atoms with van der Waals surface area (Å²) in [6, 6.07) is 1.83. The number of likely N-dealkylation sites (tertiary alicyclic amines) is 1. The van der Waals surface area contributed by atoms with Crippen molar-refractivity contribution in [2.75, 3.05) is 20.2 Å². The Morgan fingerprint density at radius 2 is 2.19 bits per heavy atom. The molecule has 1 fully saturated rings. The summed E-state index contributed by atoms with van der Waals surface area (Å²) in [6.07, 6.45) is 2.44. The molecule has 3 heterocycles. The number of aromatic nitrogens is 3. The number of aryl methyl sites for hydroxylation is 1. The van der Waals surface area contributed by atoms with Gasteiger partial charge in [0.1, 0.15) is 0 Å². The van der Waals surface area contributed by atoms with Gasteiger partial charge in [0.05, 0.1) is 36.8 Å². The van der Waals surface area contributed by atoms with E-state index in [-0.39, 0.29) is 31.5 Å². The minimum atomic E-state index is -2.15. The van der Waals surface area contributed by atoms with E-state index < -0.39 is 11.6 Å². The Kier molecular flexibility index (Phi) is 4.68. The van der Waals surface area contributed by atoms with Crippen LogP contribution in [0.4, 0.5) is 4.39 Å². The lowest BCUT2D eigenvalue weighted by Gasteiger charge is -2.19. The minimum Gasteiger partial charge on any atom is -0.467 e. The maximum absolute atomic E-state index is 14.7. The van der Waals surface area contributed by atoms with E-state index in [0.29, 0.717) is 22.3 Å². The van der Waals surface area contributed by atoms with Crippen LogP contribution in [0.5, 0.6) is 0 Å². The molecule has 0 bridgehead atoms. The van der Waals surface area contributed by atoms with Crippen LogP contribution in [-0.4, -0.2) is 57.4 Å². The molecule has 140 valence electrons. The fourth-order valence-corrected chi connectivity index (χ4v) is 3.28. The Balaban J connectivity index is 1.97. The SMILES string of the molecule is CCC(C)n1ncc2c(C(=O)N3CCC(F)(C(=O)OC)C3)cc(C)nc21. The number of nitrogens with zero attached hydrogens (tertiary/aromatic N) is 4. The summed E-state index contributed by atoms with van der Waals surface area (Å²) < 4.78 is 21.0. The van der Waals surface area contributed by atoms with E-state index in [4.69, 9.17) is 0 Å². The summed E-state index contributed by atoms with van der Waals surface area (Å²) in [6.45, 7) is 5.75. The standard InChI is InChI=1S/C18H23FN4O3/c1-5-12(3)23-15-14(9-20-23)13(8-11(2)21-15)16(24)22-7-6-18(19,10-22)17(25)26-4/h8-9,12H,5-7,10H2,1-4H3. The van der Waals surface area contributed by atoms with E-state index in [1.807, 2.05) is 13.8 Å². The summed E-state index contributed by atoms with van der Waals surface area (Å²) in [5, 5.41) is 5.02. The van der Waals surface area contributed by atoms with Crippen molar-refractivity contribution in [3.63, 3.8) is 0 Å². The van der Waals surface area contributed by atoms with Crippen molar-refractivity contribution in [2.24, 2.45) is 0 Å². The second-order valence-electron chi connectivity index (χ2n) is 6.83. The molecule has 26 heavy (non-hydrogen) atoms. The molecule has 8 heteroatoms. The Morgan fingerprint density at radius 3 is 2.85 bits per heavy atom. The van der Waals surface area contributed by atoms with Crippen LogP contribution in [0.15, 0.2) is 12.3 Å². The van der Waals surface area contributed by atoms with Gasteiger partial charge in [-0.3, -0.25) is 4.79 Å². The molecule has 3 rings (SSSR count). The number of esters is 1. The van der Waals surface area contributed by atoms with E-state index in [1.54, 1.807) is 16.9 Å². The van der Waals surface area contributed by atoms with Crippen molar-refractivity contribution in [3.05, 3.63) is 23.5 Å². The molecule has 1 aliphatic rings. The predicted octanol–water partition coefficient (Wildman–Crippen LogP) is 2.44. The molecule has 2 aromatic heterocycles. The molecule has 0 N–H and O–H groups in total. The van der Waals surface area contributed by atoms with Crippen LogP contribution in [0.1, 0.15) is 48.8 Å². The smallest absolute Gasteiger partial charge is 0.345 e. The van der Waals surface area contributed by atoms with E-state index in [2.05, 4.69) is 21.7 Å². The second kappa shape index (κ2) is 6.66. The quantitative estimate of drug-likeness (QED) is 0.781. The Labute approximate surface area is 151 Å². The number of fused-ring (bicyclic) bond motifs is 1. The molecule has 7 nitrogen and oxygen atoms in total. The molecule has 2 unspecified atom stereocenters. The van der Waals surface area contributed by atoms with Crippen LogP contribution in [0.2, 0.25) is 0 Å². The molecule has 0 spiro atoms. The zero-order chi connectivity index (χ0) is 19.1. The van der Waals surface area contributed by atoms with E-state index >= 15 is 0 Å². The van der Waals surface area contributed by atoms with Gasteiger partial charge in [0.15, 0.2) is 5.65 Å². The average molecular weight is 362 g/mol. The van der Waals surface area contributed by atoms with Gasteiger partial charge in [0, 0.05) is 18.7 Å². The maximum Gasteiger partial charge on any atom is 0.345 e. The Bertz CT molecular complexity index is 865. The molecule has 1 aliphatic heterocycles. The number of pyridine rings is 1. The lowest BCUT2D eigenvalue weighted by Crippen LogP contribution is -2.39. The van der Waals surface area contributed by atoms with Crippen LogP contribution >= 0.6 is 0 Å². The summed E-state index contributed by atoms with van der Waals surface area (Å²) in [5.74, 6) is -1.26. The van der Waals surface area contributed by atoms with Crippen molar-refractivity contribution < 1.29 is 18.7 Å². The number of methoxy groups -OCH3 is 1.